The van der Waals surface area contributed by atoms with Crippen LogP contribution in [0, 0.1) is 0 Å². The molecule has 0 fully saturated rings. The standard InChI is InChI=1S/C5H11NO.H4Si/c1-3-5(4-2)6-7;/h7H,3-4H2,1-2H3;1H4. The van der Waals surface area contributed by atoms with Crippen molar-refractivity contribution in [1.82, 2.24) is 0 Å². The van der Waals surface area contributed by atoms with Gasteiger partial charge in [-0.15, -0.1) is 0 Å². The molecule has 0 saturated carbocycles. The van der Waals surface area contributed by atoms with Gasteiger partial charge in [-0.3, -0.25) is 0 Å². The predicted molar refractivity (Wildman–Crippen MR) is 41.1 cm³/mol. The van der Waals surface area contributed by atoms with Crippen LogP contribution in [0.15, 0.2) is 5.16 Å². The Kier molecular flexibility index (Phi) is 8.88. The van der Waals surface area contributed by atoms with Crippen molar-refractivity contribution in [2.45, 2.75) is 26.7 Å². The third kappa shape index (κ3) is 3.86. The summed E-state index contributed by atoms with van der Waals surface area (Å²) in [6.45, 7) is 3.94. The fourth-order valence-corrected chi connectivity index (χ4v) is 0.391. The minimum Gasteiger partial charge on any atom is -0.411 e. The molecule has 50 valence electrons. The van der Waals surface area contributed by atoms with E-state index in [1.165, 1.54) is 0 Å². The Morgan fingerprint density at radius 1 is 1.38 bits per heavy atom. The molecule has 0 aromatic carbocycles. The molecule has 0 saturated heterocycles. The highest BCUT2D eigenvalue weighted by Crippen LogP contribution is 1.87. The summed E-state index contributed by atoms with van der Waals surface area (Å²) in [7, 11) is 0. The Balaban J connectivity index is 0. The highest BCUT2D eigenvalue weighted by molar-refractivity contribution is 5.83. The van der Waals surface area contributed by atoms with Gasteiger partial charge in [-0.2, -0.15) is 0 Å². The van der Waals surface area contributed by atoms with E-state index in [4.69, 9.17) is 5.21 Å². The molecule has 2 nitrogen and oxygen atoms in total. The fourth-order valence-electron chi connectivity index (χ4n) is 0.391. The maximum absolute atomic E-state index is 8.11. The first kappa shape index (κ1) is 10.6. The quantitative estimate of drug-likeness (QED) is 0.248. The lowest BCUT2D eigenvalue weighted by molar-refractivity contribution is 0.316. The number of nitrogens with zero attached hydrogens (tertiary/aromatic N) is 1. The van der Waals surface area contributed by atoms with Crippen LogP contribution in [0.3, 0.4) is 0 Å². The molecule has 0 spiro atoms. The average molecular weight is 133 g/mol. The fraction of sp³-hybridized carbons (Fsp3) is 0.800. The zero-order chi connectivity index (χ0) is 5.70. The molecule has 0 aliphatic rings. The minimum absolute atomic E-state index is 0. The smallest absolute Gasteiger partial charge is 0.0565 e. The second kappa shape index (κ2) is 6.69. The molecular formula is C5H15NOSi. The molecule has 0 amide bonds. The normalized spacial score (nSPS) is 7.25. The van der Waals surface area contributed by atoms with Crippen LogP contribution in [-0.4, -0.2) is 21.9 Å². The molecule has 0 radical (unpaired) electrons. The lowest BCUT2D eigenvalue weighted by Gasteiger charge is -1.89. The molecule has 0 rings (SSSR count). The molecule has 0 atom stereocenters. The van der Waals surface area contributed by atoms with Crippen molar-refractivity contribution >= 4 is 16.7 Å². The first-order valence-electron chi connectivity index (χ1n) is 2.54. The Morgan fingerprint density at radius 2 is 1.75 bits per heavy atom. The predicted octanol–water partition coefficient (Wildman–Crippen LogP) is 0.185. The van der Waals surface area contributed by atoms with Gasteiger partial charge < -0.3 is 5.21 Å². The highest BCUT2D eigenvalue weighted by atomic mass is 28.1. The van der Waals surface area contributed by atoms with Crippen LogP contribution in [-0.2, 0) is 0 Å². The van der Waals surface area contributed by atoms with Gasteiger partial charge in [-0.05, 0) is 23.8 Å². The van der Waals surface area contributed by atoms with Gasteiger partial charge in [0.2, 0.25) is 0 Å². The van der Waals surface area contributed by atoms with Gasteiger partial charge in [0.25, 0.3) is 0 Å². The van der Waals surface area contributed by atoms with Crippen molar-refractivity contribution in [3.8, 4) is 0 Å². The van der Waals surface area contributed by atoms with E-state index in [9.17, 15) is 0 Å². The van der Waals surface area contributed by atoms with Crippen molar-refractivity contribution in [2.75, 3.05) is 0 Å². The third-order valence-electron chi connectivity index (χ3n) is 0.958. The van der Waals surface area contributed by atoms with Crippen molar-refractivity contribution < 1.29 is 5.21 Å². The van der Waals surface area contributed by atoms with Crippen molar-refractivity contribution in [1.29, 1.82) is 0 Å². The number of oxime groups is 1. The molecule has 0 aromatic heterocycles. The maximum Gasteiger partial charge on any atom is 0.0565 e. The van der Waals surface area contributed by atoms with E-state index in [2.05, 4.69) is 5.16 Å². The van der Waals surface area contributed by atoms with Gasteiger partial charge in [0.05, 0.1) is 5.71 Å². The summed E-state index contributed by atoms with van der Waals surface area (Å²) in [5.74, 6) is 0. The molecule has 0 aromatic rings. The first-order chi connectivity index (χ1) is 3.35. The molecule has 1 N–H and O–H groups in total. The highest BCUT2D eigenvalue weighted by Gasteiger charge is 1.86. The third-order valence-corrected chi connectivity index (χ3v) is 0.958. The van der Waals surface area contributed by atoms with Gasteiger partial charge in [0, 0.05) is 0 Å². The SMILES string of the molecule is CCC(CC)=NO.[SiH4]. The van der Waals surface area contributed by atoms with E-state index in [0.717, 1.165) is 18.6 Å². The van der Waals surface area contributed by atoms with Crippen molar-refractivity contribution in [3.63, 3.8) is 0 Å². The zero-order valence-electron chi connectivity index (χ0n) is 4.81. The Morgan fingerprint density at radius 3 is 1.75 bits per heavy atom. The molecule has 0 aliphatic carbocycles. The molecule has 0 unspecified atom stereocenters. The Labute approximate surface area is 54.6 Å². The summed E-state index contributed by atoms with van der Waals surface area (Å²) in [6, 6.07) is 0. The van der Waals surface area contributed by atoms with E-state index in [-0.39, 0.29) is 11.0 Å². The maximum atomic E-state index is 8.11. The molecule has 3 heteroatoms. The van der Waals surface area contributed by atoms with Crippen molar-refractivity contribution in [2.24, 2.45) is 5.16 Å². The van der Waals surface area contributed by atoms with Crippen LogP contribution < -0.4 is 0 Å². The largest absolute Gasteiger partial charge is 0.411 e. The van der Waals surface area contributed by atoms with E-state index in [1.807, 2.05) is 13.8 Å². The summed E-state index contributed by atoms with van der Waals surface area (Å²) in [4.78, 5) is 0. The van der Waals surface area contributed by atoms with Crippen LogP contribution in [0.4, 0.5) is 0 Å². The molecule has 0 aliphatic heterocycles. The van der Waals surface area contributed by atoms with Gasteiger partial charge >= 0.3 is 0 Å². The Hall–Kier alpha value is -0.313. The lowest BCUT2D eigenvalue weighted by Crippen LogP contribution is -1.90. The number of rotatable bonds is 2. The topological polar surface area (TPSA) is 32.6 Å². The summed E-state index contributed by atoms with van der Waals surface area (Å²) >= 11 is 0. The minimum atomic E-state index is 0. The molecular weight excluding hydrogens is 118 g/mol. The van der Waals surface area contributed by atoms with E-state index in [1.54, 1.807) is 0 Å². The van der Waals surface area contributed by atoms with Crippen LogP contribution in [0.5, 0.6) is 0 Å². The summed E-state index contributed by atoms with van der Waals surface area (Å²) in [5, 5.41) is 11.2. The number of hydrogen-bond donors (Lipinski definition) is 1. The first-order valence-corrected chi connectivity index (χ1v) is 2.54. The van der Waals surface area contributed by atoms with E-state index >= 15 is 0 Å². The summed E-state index contributed by atoms with van der Waals surface area (Å²) in [5.41, 5.74) is 0.861. The molecule has 8 heavy (non-hydrogen) atoms. The monoisotopic (exact) mass is 133 g/mol. The van der Waals surface area contributed by atoms with Crippen LogP contribution in [0.2, 0.25) is 0 Å². The number of hydrogen-bond acceptors (Lipinski definition) is 2. The van der Waals surface area contributed by atoms with Crippen LogP contribution >= 0.6 is 0 Å². The van der Waals surface area contributed by atoms with Crippen LogP contribution in [0.25, 0.3) is 0 Å². The zero-order valence-corrected chi connectivity index (χ0v) is 4.81. The van der Waals surface area contributed by atoms with Crippen LogP contribution in [0.1, 0.15) is 26.7 Å². The van der Waals surface area contributed by atoms with Crippen molar-refractivity contribution in [3.05, 3.63) is 0 Å². The van der Waals surface area contributed by atoms with Gasteiger partial charge in [-0.1, -0.05) is 19.0 Å². The van der Waals surface area contributed by atoms with Gasteiger partial charge in [-0.25, -0.2) is 0 Å². The lowest BCUT2D eigenvalue weighted by atomic mass is 10.2. The molecule has 0 bridgehead atoms. The average Bonchev–Trinajstić information content (AvgIpc) is 1.72. The van der Waals surface area contributed by atoms with E-state index in [0.29, 0.717) is 0 Å². The summed E-state index contributed by atoms with van der Waals surface area (Å²) in [6.07, 6.45) is 1.71. The summed E-state index contributed by atoms with van der Waals surface area (Å²) < 4.78 is 0. The second-order valence-electron chi connectivity index (χ2n) is 1.37. The molecule has 0 heterocycles. The van der Waals surface area contributed by atoms with Gasteiger partial charge in [0.15, 0.2) is 0 Å². The van der Waals surface area contributed by atoms with Gasteiger partial charge in [0.1, 0.15) is 0 Å². The Bertz CT molecular complexity index is 66.8. The van der Waals surface area contributed by atoms with E-state index < -0.39 is 0 Å². The second-order valence-corrected chi connectivity index (χ2v) is 1.37.